The first-order valence-corrected chi connectivity index (χ1v) is 13.7. The Hall–Kier alpha value is -2.45. The highest BCUT2D eigenvalue weighted by molar-refractivity contribution is 5.99. The van der Waals surface area contributed by atoms with Crippen molar-refractivity contribution in [1.29, 1.82) is 0 Å². The molecular weight excluding hydrogens is 482 g/mol. The zero-order chi connectivity index (χ0) is 27.5. The van der Waals surface area contributed by atoms with E-state index >= 15 is 0 Å². The van der Waals surface area contributed by atoms with E-state index < -0.39 is 41.9 Å². The minimum absolute atomic E-state index is 0.0152. The molecule has 38 heavy (non-hydrogen) atoms. The van der Waals surface area contributed by atoms with Gasteiger partial charge < -0.3 is 29.7 Å². The summed E-state index contributed by atoms with van der Waals surface area (Å²) in [6, 6.07) is 7.72. The van der Waals surface area contributed by atoms with Crippen LogP contribution in [0.15, 0.2) is 47.6 Å². The van der Waals surface area contributed by atoms with Crippen LogP contribution in [0, 0.1) is 41.4 Å². The number of para-hydroxylation sites is 1. The van der Waals surface area contributed by atoms with Crippen molar-refractivity contribution in [2.24, 2.45) is 41.5 Å². The molecule has 0 amide bonds. The van der Waals surface area contributed by atoms with Crippen LogP contribution in [0.4, 0.5) is 0 Å². The second-order valence-electron chi connectivity index (χ2n) is 12.9. The summed E-state index contributed by atoms with van der Waals surface area (Å²) in [5.74, 6) is -0.637. The van der Waals surface area contributed by atoms with E-state index in [0.717, 1.165) is 22.9 Å². The Labute approximate surface area is 223 Å². The normalized spacial score (nSPS) is 40.9. The summed E-state index contributed by atoms with van der Waals surface area (Å²) in [4.78, 5) is 13.8. The maximum Gasteiger partial charge on any atom is 0.355 e. The predicted molar refractivity (Wildman–Crippen MR) is 143 cm³/mol. The van der Waals surface area contributed by atoms with Crippen LogP contribution in [-0.2, 0) is 11.8 Å². The Kier molecular flexibility index (Phi) is 5.46. The topological polar surface area (TPSA) is 112 Å². The van der Waals surface area contributed by atoms with Crippen LogP contribution in [0.1, 0.15) is 50.2 Å². The SMILES string of the molecule is CC1=C[C@]23C(O)[C@@H](C=C(CO)[C@@H](O)[C@]2(O)[C@H]1OC(=O)c1c(C)c2ccccc2n1C)[C@H]1[C@@H](C[C@H]3C)C1(C)C. The molecule has 4 aliphatic carbocycles. The first kappa shape index (κ1) is 25.8. The summed E-state index contributed by atoms with van der Waals surface area (Å²) in [7, 11) is 1.81. The zero-order valence-electron chi connectivity index (χ0n) is 23.0. The number of aryl methyl sites for hydroxylation is 2. The molecule has 9 atom stereocenters. The fraction of sp³-hybridized carbons (Fsp3) is 0.581. The minimum atomic E-state index is -2.05. The van der Waals surface area contributed by atoms with E-state index in [-0.39, 0.29) is 28.7 Å². The molecule has 4 N–H and O–H groups in total. The van der Waals surface area contributed by atoms with Gasteiger partial charge in [0.2, 0.25) is 0 Å². The largest absolute Gasteiger partial charge is 0.450 e. The lowest BCUT2D eigenvalue weighted by atomic mass is 9.58. The van der Waals surface area contributed by atoms with Gasteiger partial charge in [0, 0.05) is 23.9 Å². The van der Waals surface area contributed by atoms with Gasteiger partial charge in [0.15, 0.2) is 6.10 Å². The van der Waals surface area contributed by atoms with Crippen LogP contribution in [0.2, 0.25) is 0 Å². The summed E-state index contributed by atoms with van der Waals surface area (Å²) in [5.41, 5.74) is -0.388. The Morgan fingerprint density at radius 3 is 2.53 bits per heavy atom. The predicted octanol–water partition coefficient (Wildman–Crippen LogP) is 3.27. The van der Waals surface area contributed by atoms with Crippen LogP contribution in [0.5, 0.6) is 0 Å². The molecule has 4 aliphatic rings. The molecular formula is C31H39NO6. The number of carbonyl (C=O) groups is 1. The first-order valence-electron chi connectivity index (χ1n) is 13.7. The third-order valence-electron chi connectivity index (χ3n) is 10.9. The number of carbonyl (C=O) groups excluding carboxylic acids is 1. The average molecular weight is 522 g/mol. The fourth-order valence-electron chi connectivity index (χ4n) is 8.94. The molecule has 7 heteroatoms. The van der Waals surface area contributed by atoms with Crippen LogP contribution in [0.25, 0.3) is 10.9 Å². The number of hydrogen-bond donors (Lipinski definition) is 4. The molecule has 2 aromatic rings. The van der Waals surface area contributed by atoms with Crippen molar-refractivity contribution in [3.8, 4) is 0 Å². The maximum atomic E-state index is 13.8. The Balaban J connectivity index is 1.47. The molecule has 1 unspecified atom stereocenters. The van der Waals surface area contributed by atoms with E-state index in [1.165, 1.54) is 0 Å². The number of hydrogen-bond acceptors (Lipinski definition) is 6. The van der Waals surface area contributed by atoms with Gasteiger partial charge in [-0.3, -0.25) is 0 Å². The second-order valence-corrected chi connectivity index (χ2v) is 12.9. The van der Waals surface area contributed by atoms with Crippen LogP contribution >= 0.6 is 0 Å². The lowest BCUT2D eigenvalue weighted by molar-refractivity contribution is -0.215. The van der Waals surface area contributed by atoms with Crippen molar-refractivity contribution in [1.82, 2.24) is 4.57 Å². The van der Waals surface area contributed by atoms with Crippen LogP contribution in [0.3, 0.4) is 0 Å². The molecule has 0 radical (unpaired) electrons. The number of nitrogens with zero attached hydrogens (tertiary/aromatic N) is 1. The second kappa shape index (κ2) is 8.04. The monoisotopic (exact) mass is 521 g/mol. The van der Waals surface area contributed by atoms with Crippen molar-refractivity contribution >= 4 is 16.9 Å². The van der Waals surface area contributed by atoms with E-state index in [1.54, 1.807) is 17.6 Å². The highest BCUT2D eigenvalue weighted by Gasteiger charge is 2.76. The highest BCUT2D eigenvalue weighted by atomic mass is 16.6. The van der Waals surface area contributed by atoms with Crippen molar-refractivity contribution in [3.05, 3.63) is 58.8 Å². The first-order chi connectivity index (χ1) is 17.8. The van der Waals surface area contributed by atoms with Crippen molar-refractivity contribution in [2.75, 3.05) is 6.61 Å². The number of rotatable bonds is 3. The van der Waals surface area contributed by atoms with Gasteiger partial charge in [-0.15, -0.1) is 0 Å². The van der Waals surface area contributed by atoms with E-state index in [4.69, 9.17) is 4.74 Å². The van der Waals surface area contributed by atoms with E-state index in [2.05, 4.69) is 13.8 Å². The van der Waals surface area contributed by atoms with Crippen LogP contribution in [-0.4, -0.2) is 61.5 Å². The van der Waals surface area contributed by atoms with Crippen molar-refractivity contribution in [2.45, 2.75) is 65.0 Å². The quantitative estimate of drug-likeness (QED) is 0.364. The molecule has 1 aromatic heterocycles. The number of fused-ring (bicyclic) bond motifs is 4. The van der Waals surface area contributed by atoms with Crippen molar-refractivity contribution in [3.63, 3.8) is 0 Å². The van der Waals surface area contributed by atoms with Crippen molar-refractivity contribution < 1.29 is 30.0 Å². The molecule has 0 saturated heterocycles. The number of aliphatic hydroxyl groups is 4. The summed E-state index contributed by atoms with van der Waals surface area (Å²) in [5, 5.41) is 47.8. The molecule has 2 bridgehead atoms. The number of ether oxygens (including phenoxy) is 1. The lowest BCUT2D eigenvalue weighted by Crippen LogP contribution is -2.66. The standard InChI is InChI=1S/C31H39NO6/c1-15-13-30-16(2)11-21-23(29(21,4)5)20(26(30)35)12-18(14-33)25(34)31(30,37)27(15)38-28(36)24-17(3)19-9-7-8-10-22(19)32(24)6/h7-10,12-13,16,20-21,23,25-27,33-35,37H,11,14H2,1-6H3/t16-,20+,21-,23+,25-,26?,27+,30+,31+/m1/s1. The van der Waals surface area contributed by atoms with E-state index in [0.29, 0.717) is 17.2 Å². The molecule has 1 heterocycles. The maximum absolute atomic E-state index is 13.8. The van der Waals surface area contributed by atoms with Gasteiger partial charge >= 0.3 is 5.97 Å². The third-order valence-corrected chi connectivity index (χ3v) is 10.9. The molecule has 6 rings (SSSR count). The third kappa shape index (κ3) is 2.91. The molecule has 0 aliphatic heterocycles. The van der Waals surface area contributed by atoms with Crippen LogP contribution < -0.4 is 0 Å². The molecule has 7 nitrogen and oxygen atoms in total. The number of benzene rings is 1. The Bertz CT molecular complexity index is 1360. The summed E-state index contributed by atoms with van der Waals surface area (Å²) < 4.78 is 7.93. The van der Waals surface area contributed by atoms with Gasteiger partial charge in [-0.25, -0.2) is 4.79 Å². The summed E-state index contributed by atoms with van der Waals surface area (Å²) >= 11 is 0. The Morgan fingerprint density at radius 1 is 1.18 bits per heavy atom. The smallest absolute Gasteiger partial charge is 0.355 e. The summed E-state index contributed by atoms with van der Waals surface area (Å²) in [6.07, 6.45) is 0.680. The summed E-state index contributed by atoms with van der Waals surface area (Å²) in [6.45, 7) is 9.61. The molecule has 1 spiro atoms. The number of esters is 1. The van der Waals surface area contributed by atoms with Gasteiger partial charge in [0.05, 0.1) is 18.1 Å². The molecule has 2 saturated carbocycles. The van der Waals surface area contributed by atoms with Gasteiger partial charge in [0.25, 0.3) is 0 Å². The minimum Gasteiger partial charge on any atom is -0.450 e. The van der Waals surface area contributed by atoms with E-state index in [1.807, 2.05) is 51.2 Å². The molecule has 2 fully saturated rings. The Morgan fingerprint density at radius 2 is 1.87 bits per heavy atom. The fourth-order valence-corrected chi connectivity index (χ4v) is 8.94. The number of aliphatic hydroxyl groups excluding tert-OH is 3. The van der Waals surface area contributed by atoms with Gasteiger partial charge in [0.1, 0.15) is 17.4 Å². The number of aromatic nitrogens is 1. The molecule has 204 valence electrons. The van der Waals surface area contributed by atoms with E-state index in [9.17, 15) is 25.2 Å². The lowest BCUT2D eigenvalue weighted by Gasteiger charge is -2.52. The van der Waals surface area contributed by atoms with Gasteiger partial charge in [-0.05, 0) is 66.2 Å². The highest BCUT2D eigenvalue weighted by Crippen LogP contribution is 2.72. The van der Waals surface area contributed by atoms with Gasteiger partial charge in [-0.2, -0.15) is 0 Å². The average Bonchev–Trinajstić information content (AvgIpc) is 3.24. The zero-order valence-corrected chi connectivity index (χ0v) is 23.0. The van der Waals surface area contributed by atoms with Gasteiger partial charge in [-0.1, -0.05) is 51.1 Å². The molecule has 1 aromatic carbocycles.